The molecular weight excluding hydrogens is 449 g/mol. The van der Waals surface area contributed by atoms with Crippen LogP contribution in [0.5, 0.6) is 5.75 Å². The number of carbonyl (C=O) groups excluding carboxylic acids is 1. The van der Waals surface area contributed by atoms with Crippen LogP contribution in [0, 0.1) is 5.82 Å². The van der Waals surface area contributed by atoms with Gasteiger partial charge in [-0.25, -0.2) is 14.4 Å². The van der Waals surface area contributed by atoms with Crippen molar-refractivity contribution in [2.75, 3.05) is 24.1 Å². The molecule has 2 heterocycles. The summed E-state index contributed by atoms with van der Waals surface area (Å²) in [6.45, 7) is 6.40. The molecule has 1 atom stereocenters. The van der Waals surface area contributed by atoms with Crippen LogP contribution in [0.1, 0.15) is 27.2 Å². The van der Waals surface area contributed by atoms with Crippen molar-refractivity contribution in [1.82, 2.24) is 14.9 Å². The van der Waals surface area contributed by atoms with Crippen LogP contribution in [0.2, 0.25) is 5.02 Å². The van der Waals surface area contributed by atoms with Crippen LogP contribution in [0.3, 0.4) is 0 Å². The second-order valence-corrected chi connectivity index (χ2v) is 8.91. The Morgan fingerprint density at radius 3 is 2.82 bits per heavy atom. The lowest BCUT2D eigenvalue weighted by atomic mass is 10.1. The largest absolute Gasteiger partial charge is 0.473 e. The number of halogens is 2. The van der Waals surface area contributed by atoms with Crippen LogP contribution in [-0.2, 0) is 9.53 Å². The van der Waals surface area contributed by atoms with E-state index in [4.69, 9.17) is 26.8 Å². The zero-order chi connectivity index (χ0) is 23.8. The molecule has 0 saturated carbocycles. The van der Waals surface area contributed by atoms with Gasteiger partial charge in [-0.3, -0.25) is 9.69 Å². The van der Waals surface area contributed by atoms with Crippen LogP contribution in [0.25, 0.3) is 10.9 Å². The van der Waals surface area contributed by atoms with Crippen molar-refractivity contribution in [3.8, 4) is 5.75 Å². The summed E-state index contributed by atoms with van der Waals surface area (Å²) in [7, 11) is 0. The molecule has 33 heavy (non-hydrogen) atoms. The number of cyclic esters (lactones) is 1. The fourth-order valence-corrected chi connectivity index (χ4v) is 4.04. The molecule has 0 spiro atoms. The molecule has 3 aromatic rings. The molecule has 1 aromatic heterocycles. The third-order valence-corrected chi connectivity index (χ3v) is 5.56. The second kappa shape index (κ2) is 8.99. The zero-order valence-corrected chi connectivity index (χ0v) is 19.3. The maximum absolute atomic E-state index is 13.5. The molecule has 8 nitrogen and oxygen atoms in total. The van der Waals surface area contributed by atoms with Gasteiger partial charge < -0.3 is 20.5 Å². The molecule has 10 heteroatoms. The molecule has 3 N–H and O–H groups in total. The monoisotopic (exact) mass is 473 g/mol. The fourth-order valence-electron chi connectivity index (χ4n) is 3.86. The van der Waals surface area contributed by atoms with Gasteiger partial charge in [0, 0.05) is 23.7 Å². The van der Waals surface area contributed by atoms with Gasteiger partial charge in [-0.15, -0.1) is 0 Å². The first-order valence-electron chi connectivity index (χ1n) is 10.5. The molecule has 174 valence electrons. The number of nitrogens with zero attached hydrogens (tertiary/aromatic N) is 3. The van der Waals surface area contributed by atoms with E-state index in [0.29, 0.717) is 46.8 Å². The first kappa shape index (κ1) is 23.0. The predicted molar refractivity (Wildman–Crippen MR) is 125 cm³/mol. The molecule has 0 amide bonds. The van der Waals surface area contributed by atoms with E-state index in [-0.39, 0.29) is 23.8 Å². The van der Waals surface area contributed by atoms with E-state index in [1.807, 2.05) is 25.7 Å². The molecule has 2 aromatic carbocycles. The van der Waals surface area contributed by atoms with E-state index >= 15 is 0 Å². The van der Waals surface area contributed by atoms with Gasteiger partial charge in [0.05, 0.1) is 22.8 Å². The number of carbonyl (C=O) groups is 1. The summed E-state index contributed by atoms with van der Waals surface area (Å²) in [5.74, 6) is 0.162. The van der Waals surface area contributed by atoms with Crippen molar-refractivity contribution in [2.24, 2.45) is 0 Å². The average Bonchev–Trinajstić information content (AvgIpc) is 2.74. The quantitative estimate of drug-likeness (QED) is 0.398. The standard InChI is InChI=1S/C23H25ClFN5O3/c1-4-20(30-10-21(31)33-23(2,3)11-30)32-19-9-18-14(8-17(19)26)22(28-12-27-18)29-13-5-6-16(25)15(24)7-13/h5-9,12,20H,4,10-11,26H2,1-3H3,(H,27,28,29). The third kappa shape index (κ3) is 5.09. The van der Waals surface area contributed by atoms with Crippen LogP contribution >= 0.6 is 11.6 Å². The number of aromatic nitrogens is 2. The molecule has 1 aliphatic heterocycles. The topological polar surface area (TPSA) is 103 Å². The number of benzene rings is 2. The number of esters is 1. The molecular formula is C23H25ClFN5O3. The van der Waals surface area contributed by atoms with E-state index in [9.17, 15) is 9.18 Å². The lowest BCUT2D eigenvalue weighted by molar-refractivity contribution is -0.177. The average molecular weight is 474 g/mol. The number of hydrogen-bond donors (Lipinski definition) is 2. The first-order chi connectivity index (χ1) is 15.6. The Hall–Kier alpha value is -3.17. The molecule has 4 rings (SSSR count). The highest BCUT2D eigenvalue weighted by Gasteiger charge is 2.36. The van der Waals surface area contributed by atoms with Crippen molar-refractivity contribution in [3.05, 3.63) is 47.5 Å². The van der Waals surface area contributed by atoms with Gasteiger partial charge in [0.2, 0.25) is 0 Å². The molecule has 0 radical (unpaired) electrons. The minimum absolute atomic E-state index is 0.00365. The van der Waals surface area contributed by atoms with Crippen molar-refractivity contribution < 1.29 is 18.7 Å². The van der Waals surface area contributed by atoms with Crippen molar-refractivity contribution in [2.45, 2.75) is 39.0 Å². The molecule has 1 aliphatic rings. The zero-order valence-electron chi connectivity index (χ0n) is 18.6. The number of hydrogen-bond acceptors (Lipinski definition) is 8. The lowest BCUT2D eigenvalue weighted by Gasteiger charge is -2.40. The maximum atomic E-state index is 13.5. The number of ether oxygens (including phenoxy) is 2. The molecule has 1 saturated heterocycles. The first-order valence-corrected chi connectivity index (χ1v) is 10.9. The summed E-state index contributed by atoms with van der Waals surface area (Å²) < 4.78 is 25.1. The van der Waals surface area contributed by atoms with Crippen LogP contribution < -0.4 is 15.8 Å². The third-order valence-electron chi connectivity index (χ3n) is 5.27. The summed E-state index contributed by atoms with van der Waals surface area (Å²) in [5.41, 5.74) is 7.30. The Labute approximate surface area is 195 Å². The van der Waals surface area contributed by atoms with Gasteiger partial charge in [0.15, 0.2) is 6.23 Å². The number of rotatable bonds is 6. The van der Waals surface area contributed by atoms with E-state index in [1.54, 1.807) is 18.2 Å². The number of morpholine rings is 1. The Morgan fingerprint density at radius 2 is 2.12 bits per heavy atom. The number of nitrogen functional groups attached to an aromatic ring is 1. The van der Waals surface area contributed by atoms with E-state index in [1.165, 1.54) is 18.5 Å². The van der Waals surface area contributed by atoms with Crippen molar-refractivity contribution in [3.63, 3.8) is 0 Å². The van der Waals surface area contributed by atoms with Crippen LogP contribution in [0.4, 0.5) is 21.6 Å². The van der Waals surface area contributed by atoms with Crippen molar-refractivity contribution >= 4 is 45.7 Å². The highest BCUT2D eigenvalue weighted by molar-refractivity contribution is 6.31. The number of anilines is 3. The Kier molecular flexibility index (Phi) is 6.27. The fraction of sp³-hybridized carbons (Fsp3) is 0.348. The Morgan fingerprint density at radius 1 is 1.33 bits per heavy atom. The van der Waals surface area contributed by atoms with E-state index in [2.05, 4.69) is 15.3 Å². The summed E-state index contributed by atoms with van der Waals surface area (Å²) in [6, 6.07) is 7.77. The molecule has 1 fully saturated rings. The number of nitrogens with two attached hydrogens (primary N) is 1. The van der Waals surface area contributed by atoms with Gasteiger partial charge in [-0.05, 0) is 44.5 Å². The molecule has 1 unspecified atom stereocenters. The summed E-state index contributed by atoms with van der Waals surface area (Å²) in [4.78, 5) is 22.6. The van der Waals surface area contributed by atoms with Crippen LogP contribution in [-0.4, -0.2) is 45.8 Å². The Balaban J connectivity index is 1.61. The second-order valence-electron chi connectivity index (χ2n) is 8.50. The van der Waals surface area contributed by atoms with E-state index < -0.39 is 11.4 Å². The predicted octanol–water partition coefficient (Wildman–Crippen LogP) is 4.50. The minimum Gasteiger partial charge on any atom is -0.473 e. The van der Waals surface area contributed by atoms with Gasteiger partial charge in [0.25, 0.3) is 0 Å². The summed E-state index contributed by atoms with van der Waals surface area (Å²) >= 11 is 5.88. The number of fused-ring (bicyclic) bond motifs is 1. The van der Waals surface area contributed by atoms with Gasteiger partial charge in [0.1, 0.15) is 29.3 Å². The van der Waals surface area contributed by atoms with Crippen LogP contribution in [0.15, 0.2) is 36.7 Å². The molecule has 0 bridgehead atoms. The lowest BCUT2D eigenvalue weighted by Crippen LogP contribution is -2.55. The minimum atomic E-state index is -0.599. The highest BCUT2D eigenvalue weighted by atomic mass is 35.5. The van der Waals surface area contributed by atoms with E-state index in [0.717, 1.165) is 0 Å². The van der Waals surface area contributed by atoms with Crippen molar-refractivity contribution in [1.29, 1.82) is 0 Å². The smallest absolute Gasteiger partial charge is 0.320 e. The number of nitrogens with one attached hydrogen (secondary N) is 1. The normalized spacial score (nSPS) is 16.9. The van der Waals surface area contributed by atoms with Gasteiger partial charge in [-0.2, -0.15) is 0 Å². The maximum Gasteiger partial charge on any atom is 0.320 e. The summed E-state index contributed by atoms with van der Waals surface area (Å²) in [5, 5.41) is 3.79. The van der Waals surface area contributed by atoms with Gasteiger partial charge in [-0.1, -0.05) is 18.5 Å². The SMILES string of the molecule is CCC(Oc1cc2ncnc(Nc3ccc(F)c(Cl)c3)c2cc1N)N1CC(=O)OC(C)(C)C1. The van der Waals surface area contributed by atoms with Gasteiger partial charge >= 0.3 is 5.97 Å². The molecule has 0 aliphatic carbocycles. The highest BCUT2D eigenvalue weighted by Crippen LogP contribution is 2.33. The summed E-state index contributed by atoms with van der Waals surface area (Å²) in [6.07, 6.45) is 1.69. The Bertz CT molecular complexity index is 1210.